The molecule has 0 aromatic carbocycles. The molecule has 0 unspecified atom stereocenters. The quantitative estimate of drug-likeness (QED) is 0.491. The van der Waals surface area contributed by atoms with Gasteiger partial charge >= 0.3 is 13.3 Å². The maximum Gasteiger partial charge on any atom is 0.356 e. The minimum absolute atomic E-state index is 0.132. The molecule has 0 saturated carbocycles. The van der Waals surface area contributed by atoms with E-state index >= 15 is 0 Å². The van der Waals surface area contributed by atoms with Crippen LogP contribution >= 0.6 is 23.5 Å². The molecule has 1 rings (SSSR count). The predicted molar refractivity (Wildman–Crippen MR) is 91.5 cm³/mol. The summed E-state index contributed by atoms with van der Waals surface area (Å²) in [5.74, 6) is 0.132. The number of nitrogen functional groups attached to an aromatic ring is 1. The van der Waals surface area contributed by atoms with Crippen molar-refractivity contribution < 1.29 is 18.3 Å². The molecule has 0 amide bonds. The number of nitrogens with two attached hydrogens (primary N) is 1. The van der Waals surface area contributed by atoms with Crippen molar-refractivity contribution in [3.8, 4) is 0 Å². The zero-order valence-corrected chi connectivity index (χ0v) is 16.2. The molecule has 23 heavy (non-hydrogen) atoms. The summed E-state index contributed by atoms with van der Waals surface area (Å²) >= 11 is 3.20. The second kappa shape index (κ2) is 8.94. The highest BCUT2D eigenvalue weighted by Crippen LogP contribution is 2.50. The summed E-state index contributed by atoms with van der Waals surface area (Å²) in [5.41, 5.74) is 5.04. The van der Waals surface area contributed by atoms with E-state index in [-0.39, 0.29) is 37.5 Å². The average Bonchev–Trinajstić information content (AvgIpc) is 2.38. The number of rotatable bonds is 9. The van der Waals surface area contributed by atoms with Gasteiger partial charge in [0, 0.05) is 6.20 Å². The SMILES string of the molecule is CC(C)OP(=O)(COCCn1cc(Br)c(N)nc1=O)OC(C)C. The van der Waals surface area contributed by atoms with Crippen molar-refractivity contribution in [2.24, 2.45) is 0 Å². The lowest BCUT2D eigenvalue weighted by molar-refractivity contribution is 0.0955. The van der Waals surface area contributed by atoms with E-state index in [0.717, 1.165) is 0 Å². The Morgan fingerprint density at radius 3 is 2.39 bits per heavy atom. The third-order valence-corrected chi connectivity index (χ3v) is 5.04. The monoisotopic (exact) mass is 411 g/mol. The molecule has 1 heterocycles. The zero-order chi connectivity index (χ0) is 17.6. The smallest absolute Gasteiger partial charge is 0.356 e. The molecule has 1 aromatic rings. The number of hydrogen-bond donors (Lipinski definition) is 1. The highest BCUT2D eigenvalue weighted by Gasteiger charge is 2.28. The van der Waals surface area contributed by atoms with Crippen LogP contribution in [0.1, 0.15) is 27.7 Å². The first-order valence-corrected chi connectivity index (χ1v) is 9.71. The molecule has 10 heteroatoms. The Hall–Kier alpha value is -0.730. The van der Waals surface area contributed by atoms with Crippen molar-refractivity contribution in [2.75, 3.05) is 18.7 Å². The predicted octanol–water partition coefficient (Wildman–Crippen LogP) is 2.61. The van der Waals surface area contributed by atoms with Gasteiger partial charge in [-0.1, -0.05) is 0 Å². The molecule has 0 fully saturated rings. The zero-order valence-electron chi connectivity index (χ0n) is 13.7. The van der Waals surface area contributed by atoms with E-state index in [1.54, 1.807) is 27.7 Å². The fraction of sp³-hybridized carbons (Fsp3) is 0.692. The van der Waals surface area contributed by atoms with E-state index in [0.29, 0.717) is 4.47 Å². The van der Waals surface area contributed by atoms with Crippen LogP contribution in [-0.4, -0.2) is 34.7 Å². The van der Waals surface area contributed by atoms with Crippen LogP contribution in [-0.2, 0) is 24.9 Å². The van der Waals surface area contributed by atoms with Crippen molar-refractivity contribution in [3.05, 3.63) is 21.2 Å². The number of aromatic nitrogens is 2. The second-order valence-corrected chi connectivity index (χ2v) is 8.16. The molecule has 132 valence electrons. The molecule has 0 saturated heterocycles. The van der Waals surface area contributed by atoms with E-state index < -0.39 is 13.3 Å². The van der Waals surface area contributed by atoms with E-state index in [9.17, 15) is 9.36 Å². The lowest BCUT2D eigenvalue weighted by atomic mass is 10.5. The summed E-state index contributed by atoms with van der Waals surface area (Å²) in [7, 11) is -3.34. The molecule has 0 bridgehead atoms. The summed E-state index contributed by atoms with van der Waals surface area (Å²) in [5, 5.41) is 0. The lowest BCUT2D eigenvalue weighted by Crippen LogP contribution is -2.25. The maximum atomic E-state index is 12.5. The van der Waals surface area contributed by atoms with Gasteiger partial charge < -0.3 is 19.5 Å². The fourth-order valence-electron chi connectivity index (χ4n) is 1.71. The van der Waals surface area contributed by atoms with E-state index in [2.05, 4.69) is 20.9 Å². The van der Waals surface area contributed by atoms with Gasteiger partial charge in [0.25, 0.3) is 0 Å². The topological polar surface area (TPSA) is 106 Å². The first kappa shape index (κ1) is 20.3. The van der Waals surface area contributed by atoms with E-state index in [1.165, 1.54) is 10.8 Å². The Morgan fingerprint density at radius 1 is 1.30 bits per heavy atom. The normalized spacial score (nSPS) is 12.3. The number of halogens is 1. The Bertz CT molecular complexity index is 606. The van der Waals surface area contributed by atoms with Crippen molar-refractivity contribution in [1.82, 2.24) is 9.55 Å². The fourth-order valence-corrected chi connectivity index (χ4v) is 3.85. The number of ether oxygens (including phenoxy) is 1. The molecule has 1 aromatic heterocycles. The van der Waals surface area contributed by atoms with Crippen molar-refractivity contribution >= 4 is 29.3 Å². The summed E-state index contributed by atoms with van der Waals surface area (Å²) in [6, 6.07) is 0. The van der Waals surface area contributed by atoms with E-state index in [4.69, 9.17) is 19.5 Å². The minimum Gasteiger partial charge on any atom is -0.383 e. The van der Waals surface area contributed by atoms with Crippen LogP contribution in [0.4, 0.5) is 5.82 Å². The largest absolute Gasteiger partial charge is 0.383 e. The van der Waals surface area contributed by atoms with Gasteiger partial charge in [0.2, 0.25) is 0 Å². The number of hydrogen-bond acceptors (Lipinski definition) is 7. The molecule has 0 spiro atoms. The third kappa shape index (κ3) is 7.14. The molecule has 0 atom stereocenters. The molecule has 2 N–H and O–H groups in total. The maximum absolute atomic E-state index is 12.5. The number of nitrogens with zero attached hydrogens (tertiary/aromatic N) is 2. The third-order valence-electron chi connectivity index (χ3n) is 2.44. The molecular weight excluding hydrogens is 389 g/mol. The van der Waals surface area contributed by atoms with Crippen LogP contribution in [0.15, 0.2) is 15.5 Å². The lowest BCUT2D eigenvalue weighted by Gasteiger charge is -2.22. The Balaban J connectivity index is 2.59. The summed E-state index contributed by atoms with van der Waals surface area (Å²) in [6.45, 7) is 7.49. The molecule has 0 radical (unpaired) electrons. The molecular formula is C13H23BrN3O5P. The highest BCUT2D eigenvalue weighted by atomic mass is 79.9. The van der Waals surface area contributed by atoms with Gasteiger partial charge in [-0.2, -0.15) is 4.98 Å². The van der Waals surface area contributed by atoms with Gasteiger partial charge in [-0.25, -0.2) is 4.79 Å². The van der Waals surface area contributed by atoms with Crippen LogP contribution in [0.3, 0.4) is 0 Å². The van der Waals surface area contributed by atoms with Crippen LogP contribution in [0.5, 0.6) is 0 Å². The van der Waals surface area contributed by atoms with Crippen molar-refractivity contribution in [2.45, 2.75) is 46.4 Å². The van der Waals surface area contributed by atoms with Crippen LogP contribution in [0.2, 0.25) is 0 Å². The first-order valence-electron chi connectivity index (χ1n) is 7.19. The molecule has 0 aliphatic heterocycles. The van der Waals surface area contributed by atoms with Crippen LogP contribution < -0.4 is 11.4 Å². The Morgan fingerprint density at radius 2 is 1.87 bits per heavy atom. The second-order valence-electron chi connectivity index (χ2n) is 5.41. The van der Waals surface area contributed by atoms with Crippen LogP contribution in [0, 0.1) is 0 Å². The standard InChI is InChI=1S/C13H23BrN3O5P/c1-9(2)21-23(19,22-10(3)4)8-20-6-5-17-7-11(14)12(15)16-13(17)18/h7,9-10H,5-6,8H2,1-4H3,(H2,15,16,18). The molecule has 0 aliphatic rings. The van der Waals surface area contributed by atoms with Crippen molar-refractivity contribution in [1.29, 1.82) is 0 Å². The van der Waals surface area contributed by atoms with Gasteiger partial charge in [-0.05, 0) is 43.6 Å². The van der Waals surface area contributed by atoms with Gasteiger partial charge in [0.15, 0.2) is 0 Å². The van der Waals surface area contributed by atoms with Gasteiger partial charge in [0.1, 0.15) is 12.2 Å². The Labute approximate surface area is 144 Å². The van der Waals surface area contributed by atoms with Gasteiger partial charge in [-0.3, -0.25) is 9.13 Å². The first-order chi connectivity index (χ1) is 10.6. The summed E-state index contributed by atoms with van der Waals surface area (Å²) in [6.07, 6.45) is 0.857. The molecule has 0 aliphatic carbocycles. The van der Waals surface area contributed by atoms with Gasteiger partial charge in [0.05, 0.1) is 29.8 Å². The highest BCUT2D eigenvalue weighted by molar-refractivity contribution is 9.10. The molecule has 8 nitrogen and oxygen atoms in total. The minimum atomic E-state index is -3.34. The Kier molecular flexibility index (Phi) is 7.89. The van der Waals surface area contributed by atoms with Gasteiger partial charge in [-0.15, -0.1) is 0 Å². The summed E-state index contributed by atoms with van der Waals surface area (Å²) in [4.78, 5) is 15.3. The number of anilines is 1. The summed E-state index contributed by atoms with van der Waals surface area (Å²) < 4.78 is 30.5. The van der Waals surface area contributed by atoms with E-state index in [1.807, 2.05) is 0 Å². The van der Waals surface area contributed by atoms with Crippen LogP contribution in [0.25, 0.3) is 0 Å². The average molecular weight is 412 g/mol. The van der Waals surface area contributed by atoms with Crippen molar-refractivity contribution in [3.63, 3.8) is 0 Å².